The summed E-state index contributed by atoms with van der Waals surface area (Å²) in [6.07, 6.45) is -0.349. The number of aromatic nitrogens is 1. The van der Waals surface area contributed by atoms with E-state index in [1.165, 1.54) is 6.20 Å². The third-order valence-corrected chi connectivity index (χ3v) is 3.76. The van der Waals surface area contributed by atoms with E-state index in [1.54, 1.807) is 26.4 Å². The standard InChI is InChI=1S/C19H24F2N4O3/c1-26-15-4-3-13(9-16(15)27-2)5-8-24-19(22)25-11-14-6-7-23-18(10-14)28-12-17(20)21/h3-4,6-7,9-10,17H,5,8,11-12H2,1-2H3,(H3,22,24,25). The summed E-state index contributed by atoms with van der Waals surface area (Å²) in [6, 6.07) is 8.99. The first-order valence-electron chi connectivity index (χ1n) is 8.62. The van der Waals surface area contributed by atoms with Crippen LogP contribution in [0.3, 0.4) is 0 Å². The lowest BCUT2D eigenvalue weighted by Crippen LogP contribution is -2.33. The number of benzene rings is 1. The zero-order valence-corrected chi connectivity index (χ0v) is 15.8. The van der Waals surface area contributed by atoms with E-state index in [1.807, 2.05) is 18.2 Å². The average molecular weight is 394 g/mol. The van der Waals surface area contributed by atoms with E-state index < -0.39 is 13.0 Å². The first-order valence-corrected chi connectivity index (χ1v) is 8.62. The van der Waals surface area contributed by atoms with Gasteiger partial charge in [0, 0.05) is 18.8 Å². The summed E-state index contributed by atoms with van der Waals surface area (Å²) in [5.41, 5.74) is 7.69. The second kappa shape index (κ2) is 10.9. The van der Waals surface area contributed by atoms with Gasteiger partial charge in [0.2, 0.25) is 5.88 Å². The monoisotopic (exact) mass is 394 g/mol. The summed E-state index contributed by atoms with van der Waals surface area (Å²) < 4.78 is 39.7. The molecular weight excluding hydrogens is 370 g/mol. The van der Waals surface area contributed by atoms with Crippen LogP contribution in [0, 0.1) is 0 Å². The smallest absolute Gasteiger partial charge is 0.272 e. The van der Waals surface area contributed by atoms with Crippen LogP contribution in [0.2, 0.25) is 0 Å². The molecule has 1 aromatic heterocycles. The highest BCUT2D eigenvalue weighted by Gasteiger charge is 2.06. The van der Waals surface area contributed by atoms with E-state index in [0.29, 0.717) is 18.0 Å². The second-order valence-corrected chi connectivity index (χ2v) is 5.77. The highest BCUT2D eigenvalue weighted by atomic mass is 19.3. The molecule has 152 valence electrons. The minimum Gasteiger partial charge on any atom is -0.493 e. The first kappa shape index (κ1) is 21.2. The molecule has 28 heavy (non-hydrogen) atoms. The Morgan fingerprint density at radius 1 is 1.14 bits per heavy atom. The van der Waals surface area contributed by atoms with E-state index in [-0.39, 0.29) is 18.4 Å². The van der Waals surface area contributed by atoms with Gasteiger partial charge in [0.25, 0.3) is 6.43 Å². The molecule has 9 heteroatoms. The third kappa shape index (κ3) is 6.90. The number of nitrogens with zero attached hydrogens (tertiary/aromatic N) is 2. The lowest BCUT2D eigenvalue weighted by atomic mass is 10.1. The summed E-state index contributed by atoms with van der Waals surface area (Å²) in [6.45, 7) is 0.173. The minimum atomic E-state index is -2.55. The Kier molecular flexibility index (Phi) is 8.26. The molecule has 7 nitrogen and oxygen atoms in total. The number of ether oxygens (including phenoxy) is 3. The number of rotatable bonds is 10. The molecule has 0 spiro atoms. The van der Waals surface area contributed by atoms with Gasteiger partial charge in [-0.2, -0.15) is 0 Å². The largest absolute Gasteiger partial charge is 0.493 e. The molecule has 0 aliphatic heterocycles. The number of methoxy groups -OCH3 is 2. The molecule has 0 saturated carbocycles. The maximum Gasteiger partial charge on any atom is 0.272 e. The van der Waals surface area contributed by atoms with Gasteiger partial charge in [-0.05, 0) is 35.7 Å². The Bertz CT molecular complexity index is 788. The number of pyridine rings is 1. The predicted octanol–water partition coefficient (Wildman–Crippen LogP) is 2.39. The Hall–Kier alpha value is -3.10. The van der Waals surface area contributed by atoms with Crippen LogP contribution in [0.5, 0.6) is 17.4 Å². The zero-order chi connectivity index (χ0) is 20.4. The highest BCUT2D eigenvalue weighted by molar-refractivity contribution is 5.77. The summed E-state index contributed by atoms with van der Waals surface area (Å²) in [7, 11) is 3.18. The lowest BCUT2D eigenvalue weighted by molar-refractivity contribution is 0.0795. The normalized spacial score (nSPS) is 11.4. The van der Waals surface area contributed by atoms with Crippen molar-refractivity contribution in [1.29, 1.82) is 0 Å². The van der Waals surface area contributed by atoms with Crippen LogP contribution >= 0.6 is 0 Å². The van der Waals surface area contributed by atoms with Crippen molar-refractivity contribution in [3.8, 4) is 17.4 Å². The molecule has 2 rings (SSSR count). The van der Waals surface area contributed by atoms with Crippen LogP contribution in [-0.2, 0) is 13.0 Å². The first-order chi connectivity index (χ1) is 13.5. The van der Waals surface area contributed by atoms with E-state index >= 15 is 0 Å². The number of nitrogens with one attached hydrogen (secondary N) is 1. The Labute approximate surface area is 162 Å². The zero-order valence-electron chi connectivity index (χ0n) is 15.8. The molecule has 0 radical (unpaired) electrons. The van der Waals surface area contributed by atoms with Crippen LogP contribution in [0.25, 0.3) is 0 Å². The van der Waals surface area contributed by atoms with Gasteiger partial charge in [-0.15, -0.1) is 0 Å². The molecule has 0 unspecified atom stereocenters. The average Bonchev–Trinajstić information content (AvgIpc) is 2.71. The molecule has 0 aliphatic carbocycles. The Morgan fingerprint density at radius 3 is 2.64 bits per heavy atom. The van der Waals surface area contributed by atoms with Gasteiger partial charge in [-0.3, -0.25) is 0 Å². The van der Waals surface area contributed by atoms with Crippen molar-refractivity contribution in [2.24, 2.45) is 10.7 Å². The van der Waals surface area contributed by atoms with Crippen molar-refractivity contribution in [2.45, 2.75) is 19.4 Å². The maximum atomic E-state index is 12.2. The topological polar surface area (TPSA) is 91.0 Å². The molecule has 0 atom stereocenters. The van der Waals surface area contributed by atoms with E-state index in [0.717, 1.165) is 17.5 Å². The van der Waals surface area contributed by atoms with Crippen LogP contribution in [0.4, 0.5) is 8.78 Å². The molecule has 0 bridgehead atoms. The number of hydrogen-bond donors (Lipinski definition) is 2. The molecule has 1 heterocycles. The van der Waals surface area contributed by atoms with E-state index in [2.05, 4.69) is 15.3 Å². The maximum absolute atomic E-state index is 12.2. The van der Waals surface area contributed by atoms with Crippen molar-refractivity contribution in [2.75, 3.05) is 27.4 Å². The summed E-state index contributed by atoms with van der Waals surface area (Å²) in [4.78, 5) is 8.11. The quantitative estimate of drug-likeness (QED) is 0.475. The third-order valence-electron chi connectivity index (χ3n) is 3.76. The Morgan fingerprint density at radius 2 is 1.93 bits per heavy atom. The van der Waals surface area contributed by atoms with Gasteiger partial charge >= 0.3 is 0 Å². The molecule has 2 aromatic rings. The molecule has 1 aromatic carbocycles. The number of hydrogen-bond acceptors (Lipinski definition) is 5. The van der Waals surface area contributed by atoms with Crippen molar-refractivity contribution in [3.63, 3.8) is 0 Å². The van der Waals surface area contributed by atoms with Crippen LogP contribution in [0.15, 0.2) is 41.5 Å². The van der Waals surface area contributed by atoms with E-state index in [4.69, 9.17) is 19.9 Å². The van der Waals surface area contributed by atoms with Gasteiger partial charge in [0.1, 0.15) is 0 Å². The highest BCUT2D eigenvalue weighted by Crippen LogP contribution is 2.27. The van der Waals surface area contributed by atoms with Crippen LogP contribution < -0.4 is 25.3 Å². The van der Waals surface area contributed by atoms with Crippen LogP contribution in [0.1, 0.15) is 11.1 Å². The van der Waals surface area contributed by atoms with Gasteiger partial charge in [0.15, 0.2) is 24.1 Å². The van der Waals surface area contributed by atoms with Crippen molar-refractivity contribution >= 4 is 5.96 Å². The fourth-order valence-electron chi connectivity index (χ4n) is 2.38. The van der Waals surface area contributed by atoms with Gasteiger partial charge in [-0.25, -0.2) is 18.8 Å². The summed E-state index contributed by atoms with van der Waals surface area (Å²) in [5, 5.41) is 3.03. The number of aliphatic imine (C=N–C) groups is 1. The van der Waals surface area contributed by atoms with Crippen molar-refractivity contribution < 1.29 is 23.0 Å². The second-order valence-electron chi connectivity index (χ2n) is 5.77. The molecule has 0 saturated heterocycles. The fourth-order valence-corrected chi connectivity index (χ4v) is 2.38. The van der Waals surface area contributed by atoms with Gasteiger partial charge in [-0.1, -0.05) is 6.07 Å². The number of nitrogens with two attached hydrogens (primary N) is 1. The molecule has 0 amide bonds. The predicted molar refractivity (Wildman–Crippen MR) is 102 cm³/mol. The fraction of sp³-hybridized carbons (Fsp3) is 0.368. The minimum absolute atomic E-state index is 0.132. The van der Waals surface area contributed by atoms with Gasteiger partial charge in [0.05, 0.1) is 20.8 Å². The van der Waals surface area contributed by atoms with E-state index in [9.17, 15) is 8.78 Å². The number of halogens is 2. The molecule has 0 fully saturated rings. The van der Waals surface area contributed by atoms with Crippen molar-refractivity contribution in [3.05, 3.63) is 47.7 Å². The molecule has 3 N–H and O–H groups in total. The molecular formula is C19H24F2N4O3. The summed E-state index contributed by atoms with van der Waals surface area (Å²) >= 11 is 0. The number of guanidine groups is 1. The lowest BCUT2D eigenvalue weighted by Gasteiger charge is -2.10. The number of alkyl halides is 2. The Balaban J connectivity index is 1.82. The van der Waals surface area contributed by atoms with Crippen LogP contribution in [-0.4, -0.2) is 44.7 Å². The van der Waals surface area contributed by atoms with Gasteiger partial charge < -0.3 is 25.3 Å². The van der Waals surface area contributed by atoms with Crippen molar-refractivity contribution in [1.82, 2.24) is 10.3 Å². The summed E-state index contributed by atoms with van der Waals surface area (Å²) in [5.74, 6) is 1.76. The SMILES string of the molecule is COc1ccc(CCNC(N)=NCc2ccnc(OCC(F)F)c2)cc1OC. The molecule has 0 aliphatic rings.